The predicted molar refractivity (Wildman–Crippen MR) is 106 cm³/mol. The molecule has 0 amide bonds. The molecule has 0 spiro atoms. The molecule has 1 atom stereocenters. The van der Waals surface area contributed by atoms with Crippen molar-refractivity contribution >= 4 is 0 Å². The fourth-order valence-electron chi connectivity index (χ4n) is 3.52. The monoisotopic (exact) mass is 354 g/mol. The molecule has 26 heavy (non-hydrogen) atoms. The number of hydrogen-bond acceptors (Lipinski definition) is 4. The number of aromatic hydroxyl groups is 1. The number of aryl methyl sites for hydroxylation is 3. The maximum absolute atomic E-state index is 9.99. The van der Waals surface area contributed by atoms with Gasteiger partial charge in [0.05, 0.1) is 13.2 Å². The van der Waals surface area contributed by atoms with Crippen LogP contribution in [-0.2, 0) is 11.3 Å². The average Bonchev–Trinajstić information content (AvgIpc) is 2.64. The maximum Gasteiger partial charge on any atom is 0.121 e. The maximum atomic E-state index is 9.99. The van der Waals surface area contributed by atoms with E-state index >= 15 is 0 Å². The highest BCUT2D eigenvalue weighted by Gasteiger charge is 2.18. The van der Waals surface area contributed by atoms with Crippen molar-refractivity contribution < 1.29 is 9.84 Å². The standard InChI is InChI=1S/C22H30N2O2/c1-16-4-6-20(7-5-16)21(15-24-8-10-26-11-9-24)23-14-19-12-17(2)22(25)18(3)13-19/h4-7,12-13,21,23,25H,8-11,14-15H2,1-3H3/t21-/m0/s1. The fraction of sp³-hybridized carbons (Fsp3) is 0.455. The third kappa shape index (κ3) is 4.85. The van der Waals surface area contributed by atoms with E-state index in [0.717, 1.165) is 50.5 Å². The van der Waals surface area contributed by atoms with Crippen LogP contribution in [0.3, 0.4) is 0 Å². The normalized spacial score (nSPS) is 16.6. The van der Waals surface area contributed by atoms with Gasteiger partial charge in [0.15, 0.2) is 0 Å². The highest BCUT2D eigenvalue weighted by atomic mass is 16.5. The minimum absolute atomic E-state index is 0.267. The number of morpholine rings is 1. The molecular weight excluding hydrogens is 324 g/mol. The third-order valence-electron chi connectivity index (χ3n) is 5.13. The van der Waals surface area contributed by atoms with E-state index in [1.165, 1.54) is 16.7 Å². The van der Waals surface area contributed by atoms with Crippen molar-refractivity contribution in [1.82, 2.24) is 10.2 Å². The molecule has 1 fully saturated rings. The van der Waals surface area contributed by atoms with E-state index in [1.807, 2.05) is 13.8 Å². The van der Waals surface area contributed by atoms with Crippen molar-refractivity contribution in [2.45, 2.75) is 33.4 Å². The van der Waals surface area contributed by atoms with Crippen LogP contribution in [0.15, 0.2) is 36.4 Å². The van der Waals surface area contributed by atoms with Gasteiger partial charge in [0, 0.05) is 32.2 Å². The molecule has 4 heteroatoms. The van der Waals surface area contributed by atoms with Crippen LogP contribution < -0.4 is 5.32 Å². The summed E-state index contributed by atoms with van der Waals surface area (Å²) >= 11 is 0. The number of nitrogens with one attached hydrogen (secondary N) is 1. The van der Waals surface area contributed by atoms with Crippen molar-refractivity contribution in [3.05, 3.63) is 64.2 Å². The summed E-state index contributed by atoms with van der Waals surface area (Å²) in [6.07, 6.45) is 0. The summed E-state index contributed by atoms with van der Waals surface area (Å²) in [4.78, 5) is 2.47. The molecule has 0 unspecified atom stereocenters. The number of nitrogens with zero attached hydrogens (tertiary/aromatic N) is 1. The van der Waals surface area contributed by atoms with Crippen LogP contribution in [0.2, 0.25) is 0 Å². The SMILES string of the molecule is Cc1ccc([C@H](CN2CCOCC2)NCc2cc(C)c(O)c(C)c2)cc1. The Labute approximate surface area is 156 Å². The minimum Gasteiger partial charge on any atom is -0.507 e. The summed E-state index contributed by atoms with van der Waals surface area (Å²) in [5, 5.41) is 13.7. The zero-order valence-corrected chi connectivity index (χ0v) is 16.1. The first kappa shape index (κ1) is 18.9. The van der Waals surface area contributed by atoms with Gasteiger partial charge in [-0.05, 0) is 43.0 Å². The molecule has 0 radical (unpaired) electrons. The van der Waals surface area contributed by atoms with Crippen LogP contribution in [0.25, 0.3) is 0 Å². The van der Waals surface area contributed by atoms with E-state index in [1.54, 1.807) is 0 Å². The second-order valence-electron chi connectivity index (χ2n) is 7.34. The molecule has 0 saturated carbocycles. The number of hydrogen-bond donors (Lipinski definition) is 2. The molecule has 4 nitrogen and oxygen atoms in total. The Morgan fingerprint density at radius 3 is 2.27 bits per heavy atom. The molecule has 1 aliphatic heterocycles. The van der Waals surface area contributed by atoms with Crippen LogP contribution >= 0.6 is 0 Å². The molecule has 0 aliphatic carbocycles. The Morgan fingerprint density at radius 2 is 1.65 bits per heavy atom. The topological polar surface area (TPSA) is 44.7 Å². The van der Waals surface area contributed by atoms with Gasteiger partial charge >= 0.3 is 0 Å². The van der Waals surface area contributed by atoms with Crippen LogP contribution in [0, 0.1) is 20.8 Å². The second-order valence-corrected chi connectivity index (χ2v) is 7.34. The van der Waals surface area contributed by atoms with Gasteiger partial charge in [-0.25, -0.2) is 0 Å². The highest BCUT2D eigenvalue weighted by Crippen LogP contribution is 2.24. The van der Waals surface area contributed by atoms with Gasteiger partial charge in [0.2, 0.25) is 0 Å². The van der Waals surface area contributed by atoms with Crippen LogP contribution in [0.4, 0.5) is 0 Å². The first-order valence-corrected chi connectivity index (χ1v) is 9.42. The summed E-state index contributed by atoms with van der Waals surface area (Å²) in [5.41, 5.74) is 5.67. The third-order valence-corrected chi connectivity index (χ3v) is 5.13. The van der Waals surface area contributed by atoms with Crippen LogP contribution in [0.5, 0.6) is 5.75 Å². The predicted octanol–water partition coefficient (Wildman–Crippen LogP) is 3.48. The van der Waals surface area contributed by atoms with E-state index in [-0.39, 0.29) is 6.04 Å². The van der Waals surface area contributed by atoms with Gasteiger partial charge in [-0.3, -0.25) is 4.90 Å². The molecule has 0 aromatic heterocycles. The number of phenolic OH excluding ortho intramolecular Hbond substituents is 1. The molecule has 2 aromatic rings. The van der Waals surface area contributed by atoms with Gasteiger partial charge in [-0.15, -0.1) is 0 Å². The van der Waals surface area contributed by atoms with Gasteiger partial charge in [-0.1, -0.05) is 42.0 Å². The Hall–Kier alpha value is -1.88. The zero-order valence-electron chi connectivity index (χ0n) is 16.1. The molecule has 3 rings (SSSR count). The molecule has 140 valence electrons. The molecule has 1 heterocycles. The lowest BCUT2D eigenvalue weighted by molar-refractivity contribution is 0.0333. The lowest BCUT2D eigenvalue weighted by Crippen LogP contribution is -2.41. The van der Waals surface area contributed by atoms with E-state index in [9.17, 15) is 5.11 Å². The van der Waals surface area contributed by atoms with Crippen LogP contribution in [0.1, 0.15) is 33.9 Å². The van der Waals surface area contributed by atoms with Crippen molar-refractivity contribution in [2.75, 3.05) is 32.8 Å². The Bertz CT molecular complexity index is 698. The summed E-state index contributed by atoms with van der Waals surface area (Å²) in [5.74, 6) is 0.400. The van der Waals surface area contributed by atoms with Crippen molar-refractivity contribution in [2.24, 2.45) is 0 Å². The van der Waals surface area contributed by atoms with Crippen LogP contribution in [-0.4, -0.2) is 42.9 Å². The van der Waals surface area contributed by atoms with E-state index in [0.29, 0.717) is 5.75 Å². The quantitative estimate of drug-likeness (QED) is 0.834. The molecular formula is C22H30N2O2. The molecule has 1 saturated heterocycles. The lowest BCUT2D eigenvalue weighted by Gasteiger charge is -2.31. The summed E-state index contributed by atoms with van der Waals surface area (Å²) in [6, 6.07) is 13.2. The first-order chi connectivity index (χ1) is 12.5. The largest absolute Gasteiger partial charge is 0.507 e. The van der Waals surface area contributed by atoms with Gasteiger partial charge in [0.1, 0.15) is 5.75 Å². The Balaban J connectivity index is 1.73. The van der Waals surface area contributed by atoms with Gasteiger partial charge in [-0.2, -0.15) is 0 Å². The fourth-order valence-corrected chi connectivity index (χ4v) is 3.52. The summed E-state index contributed by atoms with van der Waals surface area (Å²) in [7, 11) is 0. The van der Waals surface area contributed by atoms with Crippen molar-refractivity contribution in [3.8, 4) is 5.75 Å². The lowest BCUT2D eigenvalue weighted by atomic mass is 10.0. The smallest absolute Gasteiger partial charge is 0.121 e. The first-order valence-electron chi connectivity index (χ1n) is 9.42. The minimum atomic E-state index is 0.267. The number of benzene rings is 2. The number of phenols is 1. The van der Waals surface area contributed by atoms with E-state index in [4.69, 9.17) is 4.74 Å². The molecule has 1 aliphatic rings. The molecule has 2 N–H and O–H groups in total. The van der Waals surface area contributed by atoms with Crippen molar-refractivity contribution in [3.63, 3.8) is 0 Å². The number of rotatable bonds is 6. The Morgan fingerprint density at radius 1 is 1.04 bits per heavy atom. The van der Waals surface area contributed by atoms with E-state index in [2.05, 4.69) is 53.5 Å². The van der Waals surface area contributed by atoms with E-state index < -0.39 is 0 Å². The Kier molecular flexibility index (Phi) is 6.30. The van der Waals surface area contributed by atoms with Gasteiger partial charge < -0.3 is 15.2 Å². The van der Waals surface area contributed by atoms with Gasteiger partial charge in [0.25, 0.3) is 0 Å². The number of ether oxygens (including phenoxy) is 1. The molecule has 2 aromatic carbocycles. The molecule has 0 bridgehead atoms. The average molecular weight is 354 g/mol. The summed E-state index contributed by atoms with van der Waals surface area (Å²) < 4.78 is 5.48. The second kappa shape index (κ2) is 8.67. The zero-order chi connectivity index (χ0) is 18.5. The van der Waals surface area contributed by atoms with Crippen molar-refractivity contribution in [1.29, 1.82) is 0 Å². The summed E-state index contributed by atoms with van der Waals surface area (Å²) in [6.45, 7) is 11.4. The highest BCUT2D eigenvalue weighted by molar-refractivity contribution is 5.42.